The summed E-state index contributed by atoms with van der Waals surface area (Å²) in [5.74, 6) is -0.382. The maximum absolute atomic E-state index is 14.4. The second kappa shape index (κ2) is 20.0. The second-order valence-electron chi connectivity index (χ2n) is 14.5. The Hall–Kier alpha value is -3.94. The summed E-state index contributed by atoms with van der Waals surface area (Å²) in [6.45, 7) is 2.67. The van der Waals surface area contributed by atoms with Gasteiger partial charge in [-0.25, -0.2) is 0 Å². The van der Waals surface area contributed by atoms with Crippen LogP contribution in [0.1, 0.15) is 34.2 Å². The van der Waals surface area contributed by atoms with Crippen LogP contribution in [0.25, 0.3) is 0 Å². The molecule has 2 aliphatic heterocycles. The van der Waals surface area contributed by atoms with E-state index in [-0.39, 0.29) is 23.1 Å². The lowest BCUT2D eigenvalue weighted by Crippen LogP contribution is -2.77. The van der Waals surface area contributed by atoms with E-state index in [1.807, 2.05) is 127 Å². The van der Waals surface area contributed by atoms with Gasteiger partial charge in [0.15, 0.2) is 0 Å². The molecule has 2 aliphatic rings. The molecule has 0 bridgehead atoms. The molecule has 5 aromatic rings. The molecule has 2 fully saturated rings. The standard InChI is InChI=1S/C47H50INO7/c1-51-46(50)44-47(27-40(48)29-49(44)28-35-17-7-2-8-18-35)45(55-33-39-25-15-6-16-26-39)43(54-32-38-23-13-5-14-24-38)42(53-31-37-21-11-4-12-22-37)41(56-47)34-52-30-36-19-9-3-10-20-36/h2-26,40-45H,27-34H2,1H3/t40?,41?,42-,43-,44+,45?,47-/m0/s1. The van der Waals surface area contributed by atoms with E-state index in [4.69, 9.17) is 28.4 Å². The van der Waals surface area contributed by atoms with E-state index < -0.39 is 36.1 Å². The van der Waals surface area contributed by atoms with Crippen LogP contribution in [-0.4, -0.2) is 71.1 Å². The lowest BCUT2D eigenvalue weighted by molar-refractivity contribution is -0.326. The number of methoxy groups -OCH3 is 1. The van der Waals surface area contributed by atoms with Gasteiger partial charge in [-0.15, -0.1) is 0 Å². The van der Waals surface area contributed by atoms with Crippen LogP contribution < -0.4 is 0 Å². The summed E-state index contributed by atoms with van der Waals surface area (Å²) in [4.78, 5) is 16.6. The van der Waals surface area contributed by atoms with E-state index in [9.17, 15) is 4.79 Å². The third-order valence-electron chi connectivity index (χ3n) is 10.5. The molecule has 0 aromatic heterocycles. The Morgan fingerprint density at radius 1 is 0.643 bits per heavy atom. The van der Waals surface area contributed by atoms with Gasteiger partial charge >= 0.3 is 5.97 Å². The Morgan fingerprint density at radius 3 is 1.59 bits per heavy atom. The smallest absolute Gasteiger partial charge is 0.326 e. The monoisotopic (exact) mass is 867 g/mol. The first-order valence-corrected chi connectivity index (χ1v) is 20.5. The van der Waals surface area contributed by atoms with Gasteiger partial charge in [0.05, 0.1) is 40.1 Å². The van der Waals surface area contributed by atoms with Gasteiger partial charge in [-0.1, -0.05) is 174 Å². The molecule has 292 valence electrons. The highest BCUT2D eigenvalue weighted by Gasteiger charge is 2.65. The van der Waals surface area contributed by atoms with Gasteiger partial charge in [-0.05, 0) is 34.2 Å². The zero-order chi connectivity index (χ0) is 38.6. The zero-order valence-electron chi connectivity index (χ0n) is 31.7. The molecule has 7 atom stereocenters. The van der Waals surface area contributed by atoms with E-state index >= 15 is 0 Å². The highest BCUT2D eigenvalue weighted by atomic mass is 127. The Kier molecular flexibility index (Phi) is 14.4. The number of benzene rings is 5. The number of esters is 1. The van der Waals surface area contributed by atoms with Gasteiger partial charge in [-0.2, -0.15) is 0 Å². The number of nitrogens with zero attached hydrogens (tertiary/aromatic N) is 1. The highest BCUT2D eigenvalue weighted by molar-refractivity contribution is 14.1. The number of rotatable bonds is 16. The Balaban J connectivity index is 1.33. The molecule has 1 spiro atoms. The van der Waals surface area contributed by atoms with E-state index in [1.54, 1.807) is 0 Å². The van der Waals surface area contributed by atoms with Crippen molar-refractivity contribution in [1.82, 2.24) is 4.90 Å². The van der Waals surface area contributed by atoms with Crippen molar-refractivity contribution in [3.63, 3.8) is 0 Å². The lowest BCUT2D eigenvalue weighted by atomic mass is 9.73. The first-order valence-electron chi connectivity index (χ1n) is 19.3. The topological polar surface area (TPSA) is 75.7 Å². The number of hydrogen-bond acceptors (Lipinski definition) is 8. The molecule has 9 heteroatoms. The highest BCUT2D eigenvalue weighted by Crippen LogP contribution is 2.47. The molecular formula is C47H50INO7. The molecule has 0 aliphatic carbocycles. The van der Waals surface area contributed by atoms with E-state index in [2.05, 4.69) is 51.8 Å². The van der Waals surface area contributed by atoms with Gasteiger partial charge in [0.1, 0.15) is 36.1 Å². The van der Waals surface area contributed by atoms with Crippen LogP contribution in [-0.2, 0) is 66.2 Å². The molecule has 2 heterocycles. The number of hydrogen-bond donors (Lipinski definition) is 0. The van der Waals surface area contributed by atoms with Gasteiger partial charge < -0.3 is 28.4 Å². The number of carbonyl (C=O) groups excluding carboxylic acids is 1. The fourth-order valence-electron chi connectivity index (χ4n) is 8.00. The zero-order valence-corrected chi connectivity index (χ0v) is 33.9. The van der Waals surface area contributed by atoms with Gasteiger partial charge in [0, 0.05) is 17.0 Å². The molecule has 7 rings (SSSR count). The van der Waals surface area contributed by atoms with Crippen molar-refractivity contribution in [1.29, 1.82) is 0 Å². The van der Waals surface area contributed by atoms with E-state index in [0.717, 1.165) is 27.8 Å². The molecule has 0 saturated carbocycles. The minimum absolute atomic E-state index is 0.0995. The molecule has 0 amide bonds. The van der Waals surface area contributed by atoms with Crippen LogP contribution in [0.3, 0.4) is 0 Å². The largest absolute Gasteiger partial charge is 0.468 e. The summed E-state index contributed by atoms with van der Waals surface area (Å²) in [5, 5.41) is 0. The summed E-state index contributed by atoms with van der Waals surface area (Å²) >= 11 is 2.50. The predicted octanol–water partition coefficient (Wildman–Crippen LogP) is 8.35. The Labute approximate surface area is 344 Å². The van der Waals surface area contributed by atoms with Crippen LogP contribution in [0.15, 0.2) is 152 Å². The van der Waals surface area contributed by atoms with Gasteiger partial charge in [0.25, 0.3) is 0 Å². The molecule has 5 aromatic carbocycles. The van der Waals surface area contributed by atoms with Crippen molar-refractivity contribution in [2.75, 3.05) is 20.3 Å². The van der Waals surface area contributed by atoms with Crippen molar-refractivity contribution in [3.05, 3.63) is 179 Å². The van der Waals surface area contributed by atoms with Crippen molar-refractivity contribution >= 4 is 28.6 Å². The van der Waals surface area contributed by atoms with Gasteiger partial charge in [0.2, 0.25) is 0 Å². The predicted molar refractivity (Wildman–Crippen MR) is 224 cm³/mol. The summed E-state index contributed by atoms with van der Waals surface area (Å²) in [6, 6.07) is 49.8. The third-order valence-corrected chi connectivity index (χ3v) is 11.4. The average Bonchev–Trinajstić information content (AvgIpc) is 3.23. The lowest BCUT2D eigenvalue weighted by Gasteiger charge is -2.59. The molecule has 0 radical (unpaired) electrons. The second-order valence-corrected chi connectivity index (χ2v) is 16.3. The Morgan fingerprint density at radius 2 is 1.09 bits per heavy atom. The van der Waals surface area contributed by atoms with E-state index in [0.29, 0.717) is 39.3 Å². The fourth-order valence-corrected chi connectivity index (χ4v) is 9.19. The molecule has 3 unspecified atom stereocenters. The number of halogens is 1. The number of piperidine rings is 1. The van der Waals surface area contributed by atoms with Gasteiger partial charge in [-0.3, -0.25) is 9.69 Å². The fraction of sp³-hybridized carbons (Fsp3) is 0.340. The van der Waals surface area contributed by atoms with Crippen LogP contribution >= 0.6 is 22.6 Å². The number of likely N-dealkylation sites (tertiary alicyclic amines) is 1. The maximum Gasteiger partial charge on any atom is 0.326 e. The van der Waals surface area contributed by atoms with E-state index in [1.165, 1.54) is 7.11 Å². The van der Waals surface area contributed by atoms with Crippen molar-refractivity contribution in [2.45, 2.75) is 79.4 Å². The summed E-state index contributed by atoms with van der Waals surface area (Å²) in [6.07, 6.45) is -2.17. The van der Waals surface area contributed by atoms with Crippen molar-refractivity contribution in [2.24, 2.45) is 0 Å². The first-order chi connectivity index (χ1) is 27.5. The molecule has 8 nitrogen and oxygen atoms in total. The SMILES string of the molecule is COC(=O)[C@H]1N(Cc2ccccc2)CC(I)C[C@]12OC(COCc1ccccc1)[C@H](OCc1ccccc1)[C@H](OCc1ccccc1)C2OCc1ccccc1. The summed E-state index contributed by atoms with van der Waals surface area (Å²) in [5.41, 5.74) is 3.95. The quantitative estimate of drug-likeness (QED) is 0.0557. The van der Waals surface area contributed by atoms with Crippen molar-refractivity contribution < 1.29 is 33.2 Å². The Bertz CT molecular complexity index is 1910. The number of ether oxygens (including phenoxy) is 6. The summed E-state index contributed by atoms with van der Waals surface area (Å²) < 4.78 is 40.9. The number of alkyl halides is 1. The minimum Gasteiger partial charge on any atom is -0.468 e. The number of carbonyl (C=O) groups is 1. The third kappa shape index (κ3) is 10.1. The maximum atomic E-state index is 14.4. The normalized spacial score (nSPS) is 25.2. The van der Waals surface area contributed by atoms with Crippen LogP contribution in [0.4, 0.5) is 0 Å². The first kappa shape index (κ1) is 40.3. The molecule has 2 saturated heterocycles. The molecule has 56 heavy (non-hydrogen) atoms. The van der Waals surface area contributed by atoms with Crippen LogP contribution in [0, 0.1) is 0 Å². The molecule has 0 N–H and O–H groups in total. The van der Waals surface area contributed by atoms with Crippen LogP contribution in [0.5, 0.6) is 0 Å². The minimum atomic E-state index is -1.21. The molecular weight excluding hydrogens is 817 g/mol. The van der Waals surface area contributed by atoms with Crippen LogP contribution in [0.2, 0.25) is 0 Å². The summed E-state index contributed by atoms with van der Waals surface area (Å²) in [7, 11) is 1.45. The van der Waals surface area contributed by atoms with Crippen molar-refractivity contribution in [3.8, 4) is 0 Å². The average molecular weight is 868 g/mol.